The van der Waals surface area contributed by atoms with Crippen LogP contribution in [0.3, 0.4) is 0 Å². The summed E-state index contributed by atoms with van der Waals surface area (Å²) in [5.41, 5.74) is 0. The summed E-state index contributed by atoms with van der Waals surface area (Å²) >= 11 is 2.92. The highest BCUT2D eigenvalue weighted by Gasteiger charge is 2.43. The zero-order valence-corrected chi connectivity index (χ0v) is 30.1. The molecule has 3 aliphatic rings. The normalized spacial score (nSPS) is 22.7. The van der Waals surface area contributed by atoms with E-state index in [4.69, 9.17) is 0 Å². The number of aldehydes is 3. The minimum Gasteiger partial charge on any atom is -0.348 e. The molecule has 3 aromatic heterocycles. The van der Waals surface area contributed by atoms with Crippen LogP contribution >= 0.6 is 22.7 Å². The van der Waals surface area contributed by atoms with E-state index in [0.717, 1.165) is 70.9 Å². The van der Waals surface area contributed by atoms with Crippen LogP contribution in [0.2, 0.25) is 0 Å². The monoisotopic (exact) mass is 715 g/mol. The van der Waals surface area contributed by atoms with Gasteiger partial charge in [0, 0.05) is 76.8 Å². The van der Waals surface area contributed by atoms with E-state index >= 15 is 0 Å². The average Bonchev–Trinajstić information content (AvgIpc) is 3.86. The number of fused-ring (bicyclic) bond motifs is 2. The Morgan fingerprint density at radius 2 is 1.57 bits per heavy atom. The van der Waals surface area contributed by atoms with Crippen LogP contribution in [0.15, 0.2) is 24.3 Å². The number of thiophene rings is 2. The molecule has 0 aromatic carbocycles. The van der Waals surface area contributed by atoms with Crippen molar-refractivity contribution in [3.05, 3.63) is 55.4 Å². The van der Waals surface area contributed by atoms with Gasteiger partial charge >= 0.3 is 0 Å². The van der Waals surface area contributed by atoms with Crippen LogP contribution in [0, 0.1) is 12.8 Å². The molecule has 6 rings (SSSR count). The number of nitrogens with one attached hydrogen (secondary N) is 1. The van der Waals surface area contributed by atoms with Crippen molar-refractivity contribution in [1.82, 2.24) is 25.0 Å². The smallest absolute Gasteiger partial charge is 0.248 e. The zero-order chi connectivity index (χ0) is 35.1. The second-order valence-corrected chi connectivity index (χ2v) is 16.2. The van der Waals surface area contributed by atoms with Crippen molar-refractivity contribution in [3.8, 4) is 0 Å². The van der Waals surface area contributed by atoms with Crippen molar-refractivity contribution in [1.29, 1.82) is 0 Å². The van der Waals surface area contributed by atoms with Gasteiger partial charge in [-0.1, -0.05) is 13.8 Å². The summed E-state index contributed by atoms with van der Waals surface area (Å²) in [7, 11) is 0. The van der Waals surface area contributed by atoms with E-state index in [-0.39, 0.29) is 43.6 Å². The fraction of sp³-hybridized carbons (Fsp3) is 0.611. The van der Waals surface area contributed by atoms with Gasteiger partial charge in [-0.15, -0.1) is 32.9 Å². The van der Waals surface area contributed by atoms with Gasteiger partial charge in [-0.2, -0.15) is 0 Å². The molecule has 266 valence electrons. The Morgan fingerprint density at radius 3 is 2.16 bits per heavy atom. The second-order valence-electron chi connectivity index (χ2n) is 13.8. The van der Waals surface area contributed by atoms with Gasteiger partial charge in [0.15, 0.2) is 6.29 Å². The molecule has 2 saturated heterocycles. The van der Waals surface area contributed by atoms with Crippen LogP contribution in [-0.2, 0) is 27.2 Å². The van der Waals surface area contributed by atoms with Crippen LogP contribution in [-0.4, -0.2) is 69.0 Å². The Balaban J connectivity index is 0.000000402. The molecule has 0 radical (unpaired) electrons. The number of rotatable bonds is 13. The van der Waals surface area contributed by atoms with Crippen molar-refractivity contribution in [3.63, 3.8) is 0 Å². The van der Waals surface area contributed by atoms with Gasteiger partial charge in [-0.3, -0.25) is 14.5 Å². The van der Waals surface area contributed by atoms with Crippen molar-refractivity contribution < 1.29 is 28.0 Å². The lowest BCUT2D eigenvalue weighted by Gasteiger charge is -2.40. The van der Waals surface area contributed by atoms with Crippen LogP contribution in [0.25, 0.3) is 0 Å². The van der Waals surface area contributed by atoms with Gasteiger partial charge in [0.1, 0.15) is 24.2 Å². The number of hydrogen-bond acceptors (Lipinski definition) is 9. The van der Waals surface area contributed by atoms with E-state index in [1.807, 2.05) is 19.1 Å². The Morgan fingerprint density at radius 1 is 0.939 bits per heavy atom. The van der Waals surface area contributed by atoms with Crippen LogP contribution in [0.4, 0.5) is 8.78 Å². The highest BCUT2D eigenvalue weighted by atomic mass is 32.1. The predicted molar refractivity (Wildman–Crippen MR) is 187 cm³/mol. The molecule has 1 aliphatic carbocycles. The molecule has 2 bridgehead atoms. The molecular formula is C36H47F2N5O4S2. The van der Waals surface area contributed by atoms with E-state index in [1.54, 1.807) is 23.5 Å². The Kier molecular flexibility index (Phi) is 12.6. The number of amides is 1. The molecule has 1 saturated carbocycles. The molecule has 49 heavy (non-hydrogen) atoms. The van der Waals surface area contributed by atoms with Crippen molar-refractivity contribution in [2.75, 3.05) is 6.54 Å². The van der Waals surface area contributed by atoms with Crippen LogP contribution < -0.4 is 5.32 Å². The fourth-order valence-electron chi connectivity index (χ4n) is 7.63. The van der Waals surface area contributed by atoms with Crippen molar-refractivity contribution in [2.45, 2.75) is 127 Å². The number of piperidine rings is 1. The Hall–Kier alpha value is -3.16. The number of hydrogen-bond donors (Lipinski definition) is 1. The van der Waals surface area contributed by atoms with Gasteiger partial charge in [-0.25, -0.2) is 8.78 Å². The minimum atomic E-state index is -2.65. The van der Waals surface area contributed by atoms with Gasteiger partial charge in [0.2, 0.25) is 11.8 Å². The highest BCUT2D eigenvalue weighted by molar-refractivity contribution is 7.13. The second kappa shape index (κ2) is 16.7. The SMILES string of the molecule is Cc1nnc(C(C)C)n1C1CC2CCC(C1)N2CC[C@H](NC(=O)C1CCC(F)(F)CC1)c1ccc(CC=O)s1.O=CCc1ccc(C=O)s1. The topological polar surface area (TPSA) is 114 Å². The van der Waals surface area contributed by atoms with Gasteiger partial charge < -0.3 is 19.5 Å². The number of aromatic nitrogens is 3. The highest BCUT2D eigenvalue weighted by Crippen LogP contribution is 2.43. The van der Waals surface area contributed by atoms with E-state index in [0.29, 0.717) is 41.8 Å². The lowest BCUT2D eigenvalue weighted by molar-refractivity contribution is -0.130. The summed E-state index contributed by atoms with van der Waals surface area (Å²) in [4.78, 5) is 50.6. The Labute approximate surface area is 294 Å². The third-order valence-electron chi connectivity index (χ3n) is 10.1. The van der Waals surface area contributed by atoms with Gasteiger partial charge in [-0.05, 0) is 76.1 Å². The Bertz CT molecular complexity index is 1560. The molecule has 1 N–H and O–H groups in total. The average molecular weight is 716 g/mol. The largest absolute Gasteiger partial charge is 0.348 e. The van der Waals surface area contributed by atoms with Crippen LogP contribution in [0.5, 0.6) is 0 Å². The number of aryl methyl sites for hydroxylation is 1. The molecule has 1 amide bonds. The maximum absolute atomic E-state index is 13.7. The summed E-state index contributed by atoms with van der Waals surface area (Å²) in [6.07, 6.45) is 8.57. The summed E-state index contributed by atoms with van der Waals surface area (Å²) in [5, 5.41) is 12.1. The molecule has 13 heteroatoms. The molecular weight excluding hydrogens is 669 g/mol. The van der Waals surface area contributed by atoms with Crippen LogP contribution in [0.1, 0.15) is 126 Å². The quantitative estimate of drug-likeness (QED) is 0.189. The van der Waals surface area contributed by atoms with E-state index < -0.39 is 5.92 Å². The third kappa shape index (κ3) is 9.35. The lowest BCUT2D eigenvalue weighted by atomic mass is 9.86. The molecule has 0 spiro atoms. The third-order valence-corrected chi connectivity index (χ3v) is 12.4. The first-order valence-electron chi connectivity index (χ1n) is 17.4. The van der Waals surface area contributed by atoms with Gasteiger partial charge in [0.25, 0.3) is 0 Å². The first-order valence-corrected chi connectivity index (χ1v) is 19.0. The predicted octanol–water partition coefficient (Wildman–Crippen LogP) is 7.06. The summed E-state index contributed by atoms with van der Waals surface area (Å²) in [5.74, 6) is -0.750. The molecule has 3 aromatic rings. The number of halogens is 2. The van der Waals surface area contributed by atoms with E-state index in [9.17, 15) is 28.0 Å². The molecule has 9 nitrogen and oxygen atoms in total. The minimum absolute atomic E-state index is 0.119. The van der Waals surface area contributed by atoms with Crippen molar-refractivity contribution >= 4 is 47.4 Å². The molecule has 2 unspecified atom stereocenters. The summed E-state index contributed by atoms with van der Waals surface area (Å²) < 4.78 is 29.7. The van der Waals surface area contributed by atoms with E-state index in [1.165, 1.54) is 24.2 Å². The first kappa shape index (κ1) is 37.1. The molecule has 5 heterocycles. The molecule has 3 fully saturated rings. The lowest BCUT2D eigenvalue weighted by Crippen LogP contribution is -2.45. The fourth-order valence-corrected chi connectivity index (χ4v) is 9.45. The van der Waals surface area contributed by atoms with Gasteiger partial charge in [0.05, 0.1) is 10.9 Å². The standard InChI is InChI=1S/C29H41F2N5O2S.C7H6O2S/c1-18(2)27-34-33-19(3)36(27)23-16-21-4-5-22(17-23)35(21)14-10-25(26-7-6-24(39-26)11-15-37)32-28(38)20-8-12-29(30,31)13-9-20;8-4-3-6-1-2-7(5-9)10-6/h6-7,15,18,20-23,25H,4-5,8-14,16-17H2,1-3H3,(H,32,38);1-2,4-5H,3H2/t21?,22?,23?,25-;/m0./s1. The number of nitrogens with zero attached hydrogens (tertiary/aromatic N) is 4. The maximum Gasteiger partial charge on any atom is 0.248 e. The number of carbonyl (C=O) groups is 4. The summed E-state index contributed by atoms with van der Waals surface area (Å²) in [6.45, 7) is 7.26. The summed E-state index contributed by atoms with van der Waals surface area (Å²) in [6, 6.07) is 8.68. The maximum atomic E-state index is 13.7. The zero-order valence-electron chi connectivity index (χ0n) is 28.5. The first-order chi connectivity index (χ1) is 23.5. The number of carbonyl (C=O) groups excluding carboxylic acids is 4. The molecule has 2 aliphatic heterocycles. The van der Waals surface area contributed by atoms with E-state index in [2.05, 4.69) is 38.8 Å². The van der Waals surface area contributed by atoms with Crippen molar-refractivity contribution in [2.24, 2.45) is 5.92 Å². The molecule has 3 atom stereocenters. The number of alkyl halides is 2.